The molecule has 25 heavy (non-hydrogen) atoms. The van der Waals surface area contributed by atoms with E-state index in [2.05, 4.69) is 20.0 Å². The van der Waals surface area contributed by atoms with E-state index in [0.29, 0.717) is 28.4 Å². The Morgan fingerprint density at radius 3 is 2.72 bits per heavy atom. The van der Waals surface area contributed by atoms with E-state index in [4.69, 9.17) is 0 Å². The van der Waals surface area contributed by atoms with Crippen LogP contribution in [0.4, 0.5) is 5.69 Å². The van der Waals surface area contributed by atoms with E-state index in [9.17, 15) is 9.59 Å². The summed E-state index contributed by atoms with van der Waals surface area (Å²) in [4.78, 5) is 29.4. The number of hydrogen-bond acceptors (Lipinski definition) is 5. The molecular weight excluding hydrogens is 336 g/mol. The predicted molar refractivity (Wildman–Crippen MR) is 98.6 cm³/mol. The van der Waals surface area contributed by atoms with E-state index < -0.39 is 0 Å². The third-order valence-corrected chi connectivity index (χ3v) is 5.18. The lowest BCUT2D eigenvalue weighted by atomic mass is 9.95. The van der Waals surface area contributed by atoms with Crippen molar-refractivity contribution in [1.29, 1.82) is 0 Å². The Bertz CT molecular complexity index is 739. The van der Waals surface area contributed by atoms with Gasteiger partial charge in [0.2, 0.25) is 5.91 Å². The molecule has 0 unspecified atom stereocenters. The molecule has 1 saturated carbocycles. The van der Waals surface area contributed by atoms with Crippen molar-refractivity contribution in [2.24, 2.45) is 0 Å². The van der Waals surface area contributed by atoms with Crippen LogP contribution in [0.2, 0.25) is 0 Å². The molecule has 0 aliphatic heterocycles. The van der Waals surface area contributed by atoms with E-state index in [1.165, 1.54) is 6.42 Å². The maximum atomic E-state index is 12.7. The first-order valence-corrected chi connectivity index (χ1v) is 9.48. The van der Waals surface area contributed by atoms with Crippen LogP contribution in [0, 0.1) is 0 Å². The van der Waals surface area contributed by atoms with Gasteiger partial charge < -0.3 is 10.6 Å². The Hall–Kier alpha value is -2.28. The maximum absolute atomic E-state index is 12.7. The Balaban J connectivity index is 1.88. The number of nitrogens with zero attached hydrogens (tertiary/aromatic N) is 2. The first-order valence-electron chi connectivity index (χ1n) is 8.70. The number of anilines is 1. The first kappa shape index (κ1) is 17.5. The fraction of sp³-hybridized carbons (Fsp3) is 0.444. The Kier molecular flexibility index (Phi) is 5.75. The fourth-order valence-corrected chi connectivity index (χ4v) is 3.71. The van der Waals surface area contributed by atoms with Gasteiger partial charge in [0.15, 0.2) is 0 Å². The first-order chi connectivity index (χ1) is 12.2. The smallest absolute Gasteiger partial charge is 0.265 e. The van der Waals surface area contributed by atoms with E-state index in [1.807, 2.05) is 18.2 Å². The molecule has 0 aromatic carbocycles. The second-order valence-electron chi connectivity index (χ2n) is 6.16. The number of nitrogens with one attached hydrogen (secondary N) is 2. The summed E-state index contributed by atoms with van der Waals surface area (Å²) in [7, 11) is 0. The van der Waals surface area contributed by atoms with Gasteiger partial charge >= 0.3 is 0 Å². The number of rotatable bonds is 5. The van der Waals surface area contributed by atoms with Crippen LogP contribution in [-0.4, -0.2) is 27.2 Å². The van der Waals surface area contributed by atoms with Gasteiger partial charge in [0.05, 0.1) is 11.4 Å². The van der Waals surface area contributed by atoms with E-state index in [0.717, 1.165) is 37.2 Å². The summed E-state index contributed by atoms with van der Waals surface area (Å²) in [6, 6.07) is 5.70. The lowest BCUT2D eigenvalue weighted by Crippen LogP contribution is -2.36. The fourth-order valence-electron chi connectivity index (χ4n) is 2.96. The molecule has 0 bridgehead atoms. The maximum Gasteiger partial charge on any atom is 0.265 e. The van der Waals surface area contributed by atoms with Crippen LogP contribution in [0.15, 0.2) is 24.4 Å². The lowest BCUT2D eigenvalue weighted by Gasteiger charge is -2.22. The van der Waals surface area contributed by atoms with Crippen molar-refractivity contribution < 1.29 is 9.59 Å². The number of aromatic nitrogens is 2. The highest BCUT2D eigenvalue weighted by Crippen LogP contribution is 2.32. The quantitative estimate of drug-likeness (QED) is 0.855. The van der Waals surface area contributed by atoms with Crippen LogP contribution in [0.1, 0.15) is 55.1 Å². The van der Waals surface area contributed by atoms with Crippen LogP contribution >= 0.6 is 11.5 Å². The van der Waals surface area contributed by atoms with Gasteiger partial charge in [-0.1, -0.05) is 32.3 Å². The molecule has 132 valence electrons. The minimum atomic E-state index is -0.169. The summed E-state index contributed by atoms with van der Waals surface area (Å²) in [5.74, 6) is -0.318. The Morgan fingerprint density at radius 2 is 2.04 bits per heavy atom. The van der Waals surface area contributed by atoms with Crippen LogP contribution in [0.3, 0.4) is 0 Å². The topological polar surface area (TPSA) is 84.0 Å². The molecule has 2 heterocycles. The summed E-state index contributed by atoms with van der Waals surface area (Å²) in [6.45, 7) is 1.78. The summed E-state index contributed by atoms with van der Waals surface area (Å²) in [6.07, 6.45) is 7.54. The highest BCUT2D eigenvalue weighted by molar-refractivity contribution is 7.09. The third kappa shape index (κ3) is 4.22. The number of amides is 2. The van der Waals surface area contributed by atoms with Gasteiger partial charge in [0.1, 0.15) is 10.6 Å². The van der Waals surface area contributed by atoms with Crippen molar-refractivity contribution in [1.82, 2.24) is 14.7 Å². The van der Waals surface area contributed by atoms with Crippen molar-refractivity contribution in [2.45, 2.75) is 51.5 Å². The monoisotopic (exact) mass is 358 g/mol. The van der Waals surface area contributed by atoms with E-state index in [1.54, 1.807) is 13.1 Å². The minimum absolute atomic E-state index is 0.149. The SMILES string of the molecule is CCC(=O)Nc1c(-c2ccccn2)nsc1C(=O)NC1CCCCC1. The minimum Gasteiger partial charge on any atom is -0.348 e. The summed E-state index contributed by atoms with van der Waals surface area (Å²) in [5, 5.41) is 5.92. The summed E-state index contributed by atoms with van der Waals surface area (Å²) >= 11 is 1.10. The average molecular weight is 358 g/mol. The van der Waals surface area contributed by atoms with Crippen molar-refractivity contribution in [2.75, 3.05) is 5.32 Å². The molecule has 6 nitrogen and oxygen atoms in total. The summed E-state index contributed by atoms with van der Waals surface area (Å²) in [5.41, 5.74) is 1.65. The lowest BCUT2D eigenvalue weighted by molar-refractivity contribution is -0.115. The molecule has 0 radical (unpaired) electrons. The number of hydrogen-bond donors (Lipinski definition) is 2. The molecule has 2 aromatic heterocycles. The Morgan fingerprint density at radius 1 is 1.24 bits per heavy atom. The molecule has 1 aliphatic rings. The van der Waals surface area contributed by atoms with Gasteiger partial charge in [-0.25, -0.2) is 0 Å². The largest absolute Gasteiger partial charge is 0.348 e. The highest BCUT2D eigenvalue weighted by atomic mass is 32.1. The standard InChI is InChI=1S/C18H22N4O2S/c1-2-14(23)21-16-15(13-10-6-7-11-19-13)22-25-17(16)18(24)20-12-8-4-3-5-9-12/h6-7,10-12H,2-5,8-9H2,1H3,(H,20,24)(H,21,23). The van der Waals surface area contributed by atoms with Gasteiger partial charge in [-0.3, -0.25) is 14.6 Å². The number of carbonyl (C=O) groups excluding carboxylic acids is 2. The van der Waals surface area contributed by atoms with Crippen molar-refractivity contribution in [3.8, 4) is 11.4 Å². The molecule has 2 N–H and O–H groups in total. The van der Waals surface area contributed by atoms with E-state index in [-0.39, 0.29) is 17.9 Å². The van der Waals surface area contributed by atoms with Crippen molar-refractivity contribution in [3.05, 3.63) is 29.3 Å². The Labute approximate surface area is 151 Å². The van der Waals surface area contributed by atoms with Crippen LogP contribution in [-0.2, 0) is 4.79 Å². The van der Waals surface area contributed by atoms with Crippen molar-refractivity contribution in [3.63, 3.8) is 0 Å². The molecule has 1 fully saturated rings. The zero-order valence-corrected chi connectivity index (χ0v) is 15.1. The van der Waals surface area contributed by atoms with Gasteiger partial charge in [-0.05, 0) is 36.5 Å². The molecular formula is C18H22N4O2S. The van der Waals surface area contributed by atoms with Gasteiger partial charge in [-0.15, -0.1) is 0 Å². The van der Waals surface area contributed by atoms with Crippen molar-refractivity contribution >= 4 is 29.0 Å². The highest BCUT2D eigenvalue weighted by Gasteiger charge is 2.25. The molecule has 0 saturated heterocycles. The third-order valence-electron chi connectivity index (χ3n) is 4.33. The molecule has 0 atom stereocenters. The van der Waals surface area contributed by atoms with Crippen LogP contribution < -0.4 is 10.6 Å². The molecule has 2 aromatic rings. The van der Waals surface area contributed by atoms with Gasteiger partial charge in [-0.2, -0.15) is 4.37 Å². The zero-order chi connectivity index (χ0) is 17.6. The molecule has 1 aliphatic carbocycles. The normalized spacial score (nSPS) is 14.9. The molecule has 2 amide bonds. The number of carbonyl (C=O) groups is 2. The van der Waals surface area contributed by atoms with E-state index >= 15 is 0 Å². The number of pyridine rings is 1. The second kappa shape index (κ2) is 8.20. The summed E-state index contributed by atoms with van der Waals surface area (Å²) < 4.78 is 4.39. The van der Waals surface area contributed by atoms with Gasteiger partial charge in [0, 0.05) is 18.7 Å². The molecule has 3 rings (SSSR count). The second-order valence-corrected chi connectivity index (χ2v) is 6.93. The average Bonchev–Trinajstić information content (AvgIpc) is 3.06. The molecule has 0 spiro atoms. The molecule has 7 heteroatoms. The predicted octanol–water partition coefficient (Wildman–Crippen LogP) is 3.62. The van der Waals surface area contributed by atoms with Crippen LogP contribution in [0.5, 0.6) is 0 Å². The van der Waals surface area contributed by atoms with Crippen LogP contribution in [0.25, 0.3) is 11.4 Å². The van der Waals surface area contributed by atoms with Gasteiger partial charge in [0.25, 0.3) is 5.91 Å². The zero-order valence-electron chi connectivity index (χ0n) is 14.2.